The van der Waals surface area contributed by atoms with Crippen LogP contribution in [0.1, 0.15) is 36.9 Å². The van der Waals surface area contributed by atoms with Gasteiger partial charge in [-0.15, -0.1) is 0 Å². The van der Waals surface area contributed by atoms with Crippen molar-refractivity contribution in [3.63, 3.8) is 0 Å². The van der Waals surface area contributed by atoms with Gasteiger partial charge in [0.15, 0.2) is 0 Å². The van der Waals surface area contributed by atoms with Gasteiger partial charge in [0, 0.05) is 17.1 Å². The lowest BCUT2D eigenvalue weighted by molar-refractivity contribution is -0.142. The highest BCUT2D eigenvalue weighted by atomic mass is 35.5. The van der Waals surface area contributed by atoms with E-state index in [4.69, 9.17) is 39.5 Å². The van der Waals surface area contributed by atoms with Gasteiger partial charge in [0.2, 0.25) is 0 Å². The van der Waals surface area contributed by atoms with Gasteiger partial charge < -0.3 is 9.84 Å². The lowest BCUT2D eigenvalue weighted by Gasteiger charge is -2.33. The number of likely N-dealkylation sites (tertiary alicyclic amines) is 1. The molecule has 1 aliphatic rings. The Bertz CT molecular complexity index is 843. The van der Waals surface area contributed by atoms with Crippen LogP contribution in [0.25, 0.3) is 0 Å². The molecule has 0 radical (unpaired) electrons. The van der Waals surface area contributed by atoms with Crippen molar-refractivity contribution in [1.82, 2.24) is 4.90 Å². The van der Waals surface area contributed by atoms with Gasteiger partial charge in [-0.05, 0) is 49.6 Å². The van der Waals surface area contributed by atoms with Crippen LogP contribution in [-0.4, -0.2) is 35.2 Å². The Balaban J connectivity index is 2.21. The molecule has 0 saturated carbocycles. The summed E-state index contributed by atoms with van der Waals surface area (Å²) in [5.74, 6) is -0.199. The molecule has 0 aromatic heterocycles. The average molecular weight is 429 g/mol. The van der Waals surface area contributed by atoms with E-state index < -0.39 is 18.1 Å². The second-order valence-corrected chi connectivity index (χ2v) is 7.62. The zero-order chi connectivity index (χ0) is 19.6. The molecule has 0 aliphatic carbocycles. The van der Waals surface area contributed by atoms with E-state index in [0.717, 1.165) is 17.5 Å². The maximum atomic E-state index is 11.9. The van der Waals surface area contributed by atoms with Crippen molar-refractivity contribution in [3.8, 4) is 5.75 Å². The first kappa shape index (κ1) is 20.3. The molecule has 2 unspecified atom stereocenters. The minimum absolute atomic E-state index is 0.405. The summed E-state index contributed by atoms with van der Waals surface area (Å²) < 4.78 is 5.81. The van der Waals surface area contributed by atoms with Crippen molar-refractivity contribution in [3.05, 3.63) is 62.6 Å². The van der Waals surface area contributed by atoms with Crippen LogP contribution in [0.15, 0.2) is 36.4 Å². The van der Waals surface area contributed by atoms with E-state index in [2.05, 4.69) is 0 Å². The van der Waals surface area contributed by atoms with Gasteiger partial charge in [-0.1, -0.05) is 46.9 Å². The zero-order valence-electron chi connectivity index (χ0n) is 14.8. The standard InChI is InChI=1S/C20H20Cl3NO3/c1-2-27-17-9-8-12(21)11-14(17)19(13-5-3-6-15(22)18(13)23)24-10-4-7-16(24)20(25)26/h3,5-6,8-9,11,16,19H,2,4,7,10H2,1H3,(H,25,26). The number of hydrogen-bond acceptors (Lipinski definition) is 3. The fraction of sp³-hybridized carbons (Fsp3) is 0.350. The average Bonchev–Trinajstić information content (AvgIpc) is 3.11. The fourth-order valence-electron chi connectivity index (χ4n) is 3.64. The van der Waals surface area contributed by atoms with Crippen molar-refractivity contribution in [2.75, 3.05) is 13.2 Å². The Hall–Kier alpha value is -1.46. The van der Waals surface area contributed by atoms with Crippen LogP contribution < -0.4 is 4.74 Å². The minimum atomic E-state index is -0.851. The number of ether oxygens (including phenoxy) is 1. The second kappa shape index (κ2) is 8.70. The smallest absolute Gasteiger partial charge is 0.320 e. The van der Waals surface area contributed by atoms with E-state index in [1.165, 1.54) is 0 Å². The molecule has 27 heavy (non-hydrogen) atoms. The Morgan fingerprint density at radius 1 is 1.26 bits per heavy atom. The number of halogens is 3. The maximum Gasteiger partial charge on any atom is 0.320 e. The molecule has 1 saturated heterocycles. The third kappa shape index (κ3) is 4.19. The quantitative estimate of drug-likeness (QED) is 0.642. The molecule has 144 valence electrons. The fourth-order valence-corrected chi connectivity index (χ4v) is 4.23. The topological polar surface area (TPSA) is 49.8 Å². The normalized spacial score (nSPS) is 18.4. The zero-order valence-corrected chi connectivity index (χ0v) is 17.1. The monoisotopic (exact) mass is 427 g/mol. The Morgan fingerprint density at radius 2 is 2.04 bits per heavy atom. The summed E-state index contributed by atoms with van der Waals surface area (Å²) in [5.41, 5.74) is 1.52. The molecule has 3 rings (SSSR count). The SMILES string of the molecule is CCOc1ccc(Cl)cc1C(c1cccc(Cl)c1Cl)N1CCCC1C(=O)O. The Morgan fingerprint density at radius 3 is 2.74 bits per heavy atom. The highest BCUT2D eigenvalue weighted by molar-refractivity contribution is 6.42. The van der Waals surface area contributed by atoms with Crippen LogP contribution in [0.5, 0.6) is 5.75 Å². The minimum Gasteiger partial charge on any atom is -0.494 e. The highest BCUT2D eigenvalue weighted by Gasteiger charge is 2.39. The van der Waals surface area contributed by atoms with Gasteiger partial charge in [0.25, 0.3) is 0 Å². The van der Waals surface area contributed by atoms with Crippen LogP contribution in [0, 0.1) is 0 Å². The number of hydrogen-bond donors (Lipinski definition) is 1. The van der Waals surface area contributed by atoms with Gasteiger partial charge in [-0.2, -0.15) is 0 Å². The lowest BCUT2D eigenvalue weighted by atomic mass is 9.95. The number of benzene rings is 2. The summed E-state index contributed by atoms with van der Waals surface area (Å²) in [6, 6.07) is 9.72. The van der Waals surface area contributed by atoms with Crippen molar-refractivity contribution >= 4 is 40.8 Å². The van der Waals surface area contributed by atoms with Crippen LogP contribution in [-0.2, 0) is 4.79 Å². The first-order valence-electron chi connectivity index (χ1n) is 8.78. The molecule has 2 aromatic carbocycles. The lowest BCUT2D eigenvalue weighted by Crippen LogP contribution is -2.39. The number of carbonyl (C=O) groups is 1. The molecule has 0 bridgehead atoms. The summed E-state index contributed by atoms with van der Waals surface area (Å²) in [6.45, 7) is 3.01. The van der Waals surface area contributed by atoms with Gasteiger partial charge in [-0.3, -0.25) is 9.69 Å². The van der Waals surface area contributed by atoms with Gasteiger partial charge in [0.05, 0.1) is 22.7 Å². The Kier molecular flexibility index (Phi) is 6.53. The molecule has 1 N–H and O–H groups in total. The number of carboxylic acids is 1. The van der Waals surface area contributed by atoms with Crippen LogP contribution in [0.4, 0.5) is 0 Å². The number of nitrogens with zero attached hydrogens (tertiary/aromatic N) is 1. The van der Waals surface area contributed by atoms with E-state index in [-0.39, 0.29) is 0 Å². The van der Waals surface area contributed by atoms with Crippen LogP contribution >= 0.6 is 34.8 Å². The third-order valence-electron chi connectivity index (χ3n) is 4.75. The van der Waals surface area contributed by atoms with Gasteiger partial charge in [-0.25, -0.2) is 0 Å². The summed E-state index contributed by atoms with van der Waals surface area (Å²) >= 11 is 19.1. The first-order valence-corrected chi connectivity index (χ1v) is 9.92. The van der Waals surface area contributed by atoms with Crippen molar-refractivity contribution in [1.29, 1.82) is 0 Å². The molecule has 7 heteroatoms. The van der Waals surface area contributed by atoms with Crippen LogP contribution in [0.3, 0.4) is 0 Å². The van der Waals surface area contributed by atoms with Crippen molar-refractivity contribution in [2.45, 2.75) is 31.8 Å². The second-order valence-electron chi connectivity index (χ2n) is 6.39. The number of carboxylic acid groups (broad SMARTS) is 1. The molecule has 2 aromatic rings. The molecular weight excluding hydrogens is 409 g/mol. The van der Waals surface area contributed by atoms with Crippen molar-refractivity contribution < 1.29 is 14.6 Å². The maximum absolute atomic E-state index is 11.9. The largest absolute Gasteiger partial charge is 0.494 e. The summed E-state index contributed by atoms with van der Waals surface area (Å²) in [6.07, 6.45) is 1.37. The van der Waals surface area contributed by atoms with Gasteiger partial charge in [0.1, 0.15) is 11.8 Å². The van der Waals surface area contributed by atoms with Crippen molar-refractivity contribution in [2.24, 2.45) is 0 Å². The molecule has 0 spiro atoms. The molecule has 0 amide bonds. The van der Waals surface area contributed by atoms with Gasteiger partial charge >= 0.3 is 5.97 Å². The first-order chi connectivity index (χ1) is 12.9. The molecule has 1 aliphatic heterocycles. The Labute approximate surface area is 173 Å². The molecular formula is C20H20Cl3NO3. The van der Waals surface area contributed by atoms with E-state index in [9.17, 15) is 9.90 Å². The predicted octanol–water partition coefficient (Wildman–Crippen LogP) is 5.68. The molecule has 2 atom stereocenters. The molecule has 1 fully saturated rings. The summed E-state index contributed by atoms with van der Waals surface area (Å²) in [7, 11) is 0. The van der Waals surface area contributed by atoms with E-state index in [1.54, 1.807) is 18.2 Å². The number of rotatable bonds is 6. The van der Waals surface area contributed by atoms with E-state index in [0.29, 0.717) is 40.4 Å². The summed E-state index contributed by atoms with van der Waals surface area (Å²) in [5, 5.41) is 11.1. The van der Waals surface area contributed by atoms with E-state index >= 15 is 0 Å². The van der Waals surface area contributed by atoms with Crippen LogP contribution in [0.2, 0.25) is 15.1 Å². The third-order valence-corrected chi connectivity index (χ3v) is 5.82. The highest BCUT2D eigenvalue weighted by Crippen LogP contribution is 2.43. The molecule has 4 nitrogen and oxygen atoms in total. The summed E-state index contributed by atoms with van der Waals surface area (Å²) in [4.78, 5) is 13.8. The number of aliphatic carboxylic acids is 1. The van der Waals surface area contributed by atoms with E-state index in [1.807, 2.05) is 30.0 Å². The predicted molar refractivity (Wildman–Crippen MR) is 108 cm³/mol. The molecule has 1 heterocycles.